The smallest absolute Gasteiger partial charge is 0.242 e. The molecular formula is C17H30ClN3O4S. The molecule has 0 aromatic heterocycles. The highest BCUT2D eigenvalue weighted by molar-refractivity contribution is 7.91. The first-order valence-electron chi connectivity index (χ1n) is 9.32. The van der Waals surface area contributed by atoms with Crippen LogP contribution in [0.25, 0.3) is 0 Å². The maximum atomic E-state index is 12.9. The van der Waals surface area contributed by atoms with E-state index < -0.39 is 15.9 Å². The summed E-state index contributed by atoms with van der Waals surface area (Å²) in [6, 6.07) is -0.608. The average molecular weight is 408 g/mol. The summed E-state index contributed by atoms with van der Waals surface area (Å²) in [6.45, 7) is 3.62. The van der Waals surface area contributed by atoms with Crippen molar-refractivity contribution in [2.24, 2.45) is 17.3 Å². The first kappa shape index (κ1) is 21.4. The van der Waals surface area contributed by atoms with E-state index in [1.165, 1.54) is 6.42 Å². The summed E-state index contributed by atoms with van der Waals surface area (Å²) in [4.78, 5) is 25.1. The molecule has 0 aromatic rings. The third-order valence-electron chi connectivity index (χ3n) is 6.12. The van der Waals surface area contributed by atoms with Crippen molar-refractivity contribution in [3.63, 3.8) is 0 Å². The Kier molecular flexibility index (Phi) is 6.96. The van der Waals surface area contributed by atoms with Gasteiger partial charge in [-0.25, -0.2) is 8.42 Å². The molecular weight excluding hydrogens is 378 g/mol. The summed E-state index contributed by atoms with van der Waals surface area (Å²) in [5.74, 6) is 0.430. The van der Waals surface area contributed by atoms with Crippen molar-refractivity contribution >= 4 is 34.1 Å². The van der Waals surface area contributed by atoms with E-state index in [1.54, 1.807) is 6.92 Å². The molecule has 0 aromatic carbocycles. The van der Waals surface area contributed by atoms with Crippen LogP contribution in [0.15, 0.2) is 0 Å². The number of carbonyl (C=O) groups excluding carboxylic acids is 2. The molecule has 0 bridgehead atoms. The van der Waals surface area contributed by atoms with E-state index in [-0.39, 0.29) is 47.1 Å². The van der Waals surface area contributed by atoms with Crippen LogP contribution in [0.1, 0.15) is 39.0 Å². The zero-order chi connectivity index (χ0) is 18.1. The van der Waals surface area contributed by atoms with Gasteiger partial charge in [0.15, 0.2) is 9.84 Å². The van der Waals surface area contributed by atoms with Gasteiger partial charge < -0.3 is 16.0 Å². The average Bonchev–Trinajstić information content (AvgIpc) is 3.16. The topological polar surface area (TPSA) is 104 Å². The monoisotopic (exact) mass is 407 g/mol. The third-order valence-corrected chi connectivity index (χ3v) is 7.96. The van der Waals surface area contributed by atoms with Crippen LogP contribution in [-0.4, -0.2) is 57.4 Å². The number of nitrogens with one attached hydrogen (secondary N) is 3. The molecule has 3 rings (SSSR count). The van der Waals surface area contributed by atoms with Crippen LogP contribution in [0.4, 0.5) is 0 Å². The van der Waals surface area contributed by atoms with Crippen LogP contribution >= 0.6 is 12.4 Å². The first-order valence-corrected chi connectivity index (χ1v) is 11.1. The van der Waals surface area contributed by atoms with E-state index in [4.69, 9.17) is 0 Å². The lowest BCUT2D eigenvalue weighted by Crippen LogP contribution is -2.54. The Morgan fingerprint density at radius 3 is 2.73 bits per heavy atom. The Labute approximate surface area is 161 Å². The minimum atomic E-state index is -2.94. The summed E-state index contributed by atoms with van der Waals surface area (Å²) in [5.41, 5.74) is -0.369. The molecule has 26 heavy (non-hydrogen) atoms. The van der Waals surface area contributed by atoms with Crippen LogP contribution < -0.4 is 16.0 Å². The van der Waals surface area contributed by atoms with Gasteiger partial charge in [-0.1, -0.05) is 12.8 Å². The van der Waals surface area contributed by atoms with Crippen LogP contribution in [0.5, 0.6) is 0 Å². The highest BCUT2D eigenvalue weighted by atomic mass is 35.5. The van der Waals surface area contributed by atoms with Crippen molar-refractivity contribution in [2.45, 2.75) is 45.1 Å². The van der Waals surface area contributed by atoms with Crippen molar-refractivity contribution in [2.75, 3.05) is 31.1 Å². The Morgan fingerprint density at radius 2 is 2.04 bits per heavy atom. The molecule has 2 aliphatic heterocycles. The van der Waals surface area contributed by atoms with Gasteiger partial charge >= 0.3 is 0 Å². The molecule has 7 nitrogen and oxygen atoms in total. The number of fused-ring (bicyclic) bond motifs is 1. The van der Waals surface area contributed by atoms with Gasteiger partial charge in [0.2, 0.25) is 11.8 Å². The second kappa shape index (κ2) is 8.44. The molecule has 150 valence electrons. The maximum Gasteiger partial charge on any atom is 0.242 e. The van der Waals surface area contributed by atoms with Crippen molar-refractivity contribution in [3.8, 4) is 0 Å². The standard InChI is InChI=1S/C17H29N3O4S.ClH/c1-12(15(21)19-8-13-5-7-25(23,24)10-13)20-16(22)17-6-3-2-4-14(17)9-18-11-17;/h12-14,18H,2-11H2,1H3,(H,19,21)(H,20,22);1H/t12?,13?,14-,17+;/m0./s1. The summed E-state index contributed by atoms with van der Waals surface area (Å²) in [7, 11) is -2.94. The second-order valence-corrected chi connectivity index (χ2v) is 10.2. The number of rotatable bonds is 5. The van der Waals surface area contributed by atoms with Gasteiger partial charge in [0.25, 0.3) is 0 Å². The van der Waals surface area contributed by atoms with E-state index in [2.05, 4.69) is 16.0 Å². The molecule has 2 unspecified atom stereocenters. The zero-order valence-corrected chi connectivity index (χ0v) is 16.9. The Balaban J connectivity index is 0.00000243. The Hall–Kier alpha value is -0.860. The van der Waals surface area contributed by atoms with Gasteiger partial charge in [-0.3, -0.25) is 9.59 Å². The predicted octanol–water partition coefficient (Wildman–Crippen LogP) is 0.244. The summed E-state index contributed by atoms with van der Waals surface area (Å²) in [5, 5.41) is 9.03. The van der Waals surface area contributed by atoms with Crippen LogP contribution in [0.3, 0.4) is 0 Å². The highest BCUT2D eigenvalue weighted by Crippen LogP contribution is 2.43. The summed E-state index contributed by atoms with van der Waals surface area (Å²) < 4.78 is 22.9. The zero-order valence-electron chi connectivity index (χ0n) is 15.3. The van der Waals surface area contributed by atoms with E-state index in [1.807, 2.05) is 0 Å². The molecule has 2 heterocycles. The molecule has 3 N–H and O–H groups in total. The lowest BCUT2D eigenvalue weighted by atomic mass is 9.67. The molecule has 3 fully saturated rings. The van der Waals surface area contributed by atoms with E-state index >= 15 is 0 Å². The summed E-state index contributed by atoms with van der Waals surface area (Å²) >= 11 is 0. The minimum Gasteiger partial charge on any atom is -0.354 e. The molecule has 0 spiro atoms. The second-order valence-electron chi connectivity index (χ2n) is 7.94. The normalized spacial score (nSPS) is 33.6. The maximum absolute atomic E-state index is 12.9. The fourth-order valence-electron chi connectivity index (χ4n) is 4.53. The molecule has 4 atom stereocenters. The number of hydrogen-bond donors (Lipinski definition) is 3. The Morgan fingerprint density at radius 1 is 1.27 bits per heavy atom. The largest absolute Gasteiger partial charge is 0.354 e. The van der Waals surface area contributed by atoms with Crippen molar-refractivity contribution in [1.29, 1.82) is 0 Å². The molecule has 1 saturated carbocycles. The quantitative estimate of drug-likeness (QED) is 0.605. The molecule has 1 aliphatic carbocycles. The SMILES string of the molecule is CC(NC(=O)[C@@]12CCCC[C@H]1CNC2)C(=O)NCC1CCS(=O)(=O)C1.Cl. The lowest BCUT2D eigenvalue weighted by molar-refractivity contribution is -0.137. The van der Waals surface area contributed by atoms with Gasteiger partial charge in [-0.2, -0.15) is 0 Å². The van der Waals surface area contributed by atoms with Gasteiger partial charge in [0, 0.05) is 13.1 Å². The van der Waals surface area contributed by atoms with Crippen molar-refractivity contribution in [1.82, 2.24) is 16.0 Å². The minimum absolute atomic E-state index is 0. The van der Waals surface area contributed by atoms with Gasteiger partial charge in [0.1, 0.15) is 6.04 Å². The number of halogens is 1. The molecule has 0 radical (unpaired) electrons. The highest BCUT2D eigenvalue weighted by Gasteiger charge is 2.50. The predicted molar refractivity (Wildman–Crippen MR) is 102 cm³/mol. The molecule has 2 amide bonds. The molecule has 3 aliphatic rings. The van der Waals surface area contributed by atoms with E-state index in [0.717, 1.165) is 25.8 Å². The number of amides is 2. The fourth-order valence-corrected chi connectivity index (χ4v) is 6.39. The Bertz CT molecular complexity index is 642. The van der Waals surface area contributed by atoms with Gasteiger partial charge in [-0.15, -0.1) is 12.4 Å². The van der Waals surface area contributed by atoms with Crippen LogP contribution in [0, 0.1) is 17.3 Å². The summed E-state index contributed by atoms with van der Waals surface area (Å²) in [6.07, 6.45) is 4.77. The van der Waals surface area contributed by atoms with E-state index in [0.29, 0.717) is 25.4 Å². The number of hydrogen-bond acceptors (Lipinski definition) is 5. The van der Waals surface area contributed by atoms with E-state index in [9.17, 15) is 18.0 Å². The van der Waals surface area contributed by atoms with Crippen molar-refractivity contribution < 1.29 is 18.0 Å². The van der Waals surface area contributed by atoms with Crippen LogP contribution in [0.2, 0.25) is 0 Å². The molecule has 9 heteroatoms. The fraction of sp³-hybridized carbons (Fsp3) is 0.882. The van der Waals surface area contributed by atoms with Crippen molar-refractivity contribution in [3.05, 3.63) is 0 Å². The van der Waals surface area contributed by atoms with Crippen LogP contribution in [-0.2, 0) is 19.4 Å². The lowest BCUT2D eigenvalue weighted by Gasteiger charge is -2.37. The molecule has 2 saturated heterocycles. The first-order chi connectivity index (χ1) is 11.8. The van der Waals surface area contributed by atoms with Gasteiger partial charge in [0.05, 0.1) is 16.9 Å². The number of carbonyl (C=O) groups is 2. The van der Waals surface area contributed by atoms with Gasteiger partial charge in [-0.05, 0) is 44.6 Å². The number of sulfone groups is 1. The third kappa shape index (κ3) is 4.51.